The molecule has 0 spiro atoms. The number of carbonyl (C=O) groups is 2. The molecule has 0 saturated carbocycles. The van der Waals surface area contributed by atoms with Crippen LogP contribution in [0.3, 0.4) is 0 Å². The van der Waals surface area contributed by atoms with Crippen LogP contribution in [0.1, 0.15) is 15.9 Å². The van der Waals surface area contributed by atoms with Crippen molar-refractivity contribution in [2.24, 2.45) is 0 Å². The van der Waals surface area contributed by atoms with E-state index in [0.29, 0.717) is 21.7 Å². The third-order valence-electron chi connectivity index (χ3n) is 3.37. The number of rotatable bonds is 3. The van der Waals surface area contributed by atoms with E-state index in [1.165, 1.54) is 6.20 Å². The lowest BCUT2D eigenvalue weighted by Crippen LogP contribution is -2.22. The molecule has 0 fully saturated rings. The summed E-state index contributed by atoms with van der Waals surface area (Å²) in [6.07, 6.45) is 1.53. The molecule has 1 heterocycles. The summed E-state index contributed by atoms with van der Waals surface area (Å²) in [6.45, 7) is 1.92. The van der Waals surface area contributed by atoms with Crippen molar-refractivity contribution < 1.29 is 9.59 Å². The molecule has 0 radical (unpaired) electrons. The molecule has 22 heavy (non-hydrogen) atoms. The number of fused-ring (bicyclic) bond motifs is 1. The number of anilines is 1. The zero-order chi connectivity index (χ0) is 15.7. The minimum absolute atomic E-state index is 0.330. The lowest BCUT2D eigenvalue weighted by Gasteiger charge is -2.04. The van der Waals surface area contributed by atoms with E-state index in [-0.39, 0.29) is 0 Å². The van der Waals surface area contributed by atoms with Gasteiger partial charge in [-0.05, 0) is 36.8 Å². The van der Waals surface area contributed by atoms with Crippen molar-refractivity contribution in [3.8, 4) is 0 Å². The smallest absolute Gasteiger partial charge is 0.296 e. The minimum Gasteiger partial charge on any atom is -0.360 e. The fourth-order valence-electron chi connectivity index (χ4n) is 2.32. The molecule has 0 bridgehead atoms. The van der Waals surface area contributed by atoms with Crippen molar-refractivity contribution in [2.45, 2.75) is 6.92 Å². The Kier molecular flexibility index (Phi) is 3.69. The molecule has 2 N–H and O–H groups in total. The Morgan fingerprint density at radius 1 is 1.14 bits per heavy atom. The van der Waals surface area contributed by atoms with E-state index < -0.39 is 11.7 Å². The lowest BCUT2D eigenvalue weighted by molar-refractivity contribution is -0.112. The van der Waals surface area contributed by atoms with Crippen LogP contribution in [0.5, 0.6) is 0 Å². The van der Waals surface area contributed by atoms with Gasteiger partial charge in [0.25, 0.3) is 11.7 Å². The van der Waals surface area contributed by atoms with E-state index >= 15 is 0 Å². The van der Waals surface area contributed by atoms with Crippen LogP contribution < -0.4 is 5.32 Å². The van der Waals surface area contributed by atoms with Gasteiger partial charge in [-0.1, -0.05) is 29.8 Å². The van der Waals surface area contributed by atoms with Gasteiger partial charge in [0.2, 0.25) is 0 Å². The number of halogens is 1. The quantitative estimate of drug-likeness (QED) is 0.568. The highest BCUT2D eigenvalue weighted by atomic mass is 35.5. The van der Waals surface area contributed by atoms with Gasteiger partial charge in [0.1, 0.15) is 0 Å². The first-order valence-corrected chi connectivity index (χ1v) is 7.11. The fraction of sp³-hybridized carbons (Fsp3) is 0.0588. The van der Waals surface area contributed by atoms with E-state index in [4.69, 9.17) is 11.6 Å². The van der Waals surface area contributed by atoms with Crippen molar-refractivity contribution in [1.82, 2.24) is 4.98 Å². The Morgan fingerprint density at radius 3 is 2.73 bits per heavy atom. The number of Topliss-reactive ketones (excluding diaryl/α,β-unsaturated/α-hetero) is 1. The molecule has 110 valence electrons. The first-order valence-electron chi connectivity index (χ1n) is 6.73. The predicted octanol–water partition coefficient (Wildman–Crippen LogP) is 3.95. The topological polar surface area (TPSA) is 62.0 Å². The number of hydrogen-bond donors (Lipinski definition) is 2. The number of amides is 1. The summed E-state index contributed by atoms with van der Waals surface area (Å²) in [5.41, 5.74) is 2.66. The predicted molar refractivity (Wildman–Crippen MR) is 87.4 cm³/mol. The number of aromatic amines is 1. The Labute approximate surface area is 132 Å². The van der Waals surface area contributed by atoms with Crippen molar-refractivity contribution >= 4 is 39.9 Å². The van der Waals surface area contributed by atoms with E-state index in [0.717, 1.165) is 11.1 Å². The van der Waals surface area contributed by atoms with Crippen LogP contribution in [0.2, 0.25) is 5.02 Å². The van der Waals surface area contributed by atoms with Crippen LogP contribution in [-0.2, 0) is 4.79 Å². The molecular formula is C17H13ClN2O2. The summed E-state index contributed by atoms with van der Waals surface area (Å²) in [7, 11) is 0. The van der Waals surface area contributed by atoms with Gasteiger partial charge in [-0.15, -0.1) is 0 Å². The number of hydrogen-bond acceptors (Lipinski definition) is 2. The molecule has 0 saturated heterocycles. The van der Waals surface area contributed by atoms with Crippen LogP contribution in [0.4, 0.5) is 5.69 Å². The molecule has 0 atom stereocenters. The highest BCUT2D eigenvalue weighted by molar-refractivity contribution is 6.48. The molecule has 0 unspecified atom stereocenters. The summed E-state index contributed by atoms with van der Waals surface area (Å²) in [4.78, 5) is 27.4. The van der Waals surface area contributed by atoms with Gasteiger partial charge in [0.05, 0.1) is 5.56 Å². The largest absolute Gasteiger partial charge is 0.360 e. The molecular weight excluding hydrogens is 300 g/mol. The minimum atomic E-state index is -0.665. The Bertz CT molecular complexity index is 883. The van der Waals surface area contributed by atoms with Gasteiger partial charge >= 0.3 is 0 Å². The summed E-state index contributed by atoms with van der Waals surface area (Å²) in [5, 5.41) is 3.86. The number of benzene rings is 2. The fourth-order valence-corrected chi connectivity index (χ4v) is 2.49. The molecule has 0 aliphatic rings. The van der Waals surface area contributed by atoms with Gasteiger partial charge in [-0.2, -0.15) is 0 Å². The van der Waals surface area contributed by atoms with Gasteiger partial charge < -0.3 is 10.3 Å². The second kappa shape index (κ2) is 5.66. The number of aryl methyl sites for hydroxylation is 1. The van der Waals surface area contributed by atoms with Gasteiger partial charge in [-0.25, -0.2) is 0 Å². The van der Waals surface area contributed by atoms with Crippen LogP contribution in [0.25, 0.3) is 10.9 Å². The number of H-pyrrole nitrogens is 1. The normalized spacial score (nSPS) is 10.6. The third-order valence-corrected chi connectivity index (χ3v) is 3.61. The Balaban J connectivity index is 1.87. The molecule has 2 aromatic carbocycles. The summed E-state index contributed by atoms with van der Waals surface area (Å²) in [5.74, 6) is -1.25. The number of ketones is 1. The summed E-state index contributed by atoms with van der Waals surface area (Å²) >= 11 is 5.91. The van der Waals surface area contributed by atoms with Crippen molar-refractivity contribution in [3.63, 3.8) is 0 Å². The Hall–Kier alpha value is -2.59. The van der Waals surface area contributed by atoms with E-state index in [1.807, 2.05) is 19.1 Å². The summed E-state index contributed by atoms with van der Waals surface area (Å²) in [6, 6.07) is 12.4. The molecule has 1 aromatic heterocycles. The molecule has 1 amide bonds. The van der Waals surface area contributed by atoms with Gasteiger partial charge in [-0.3, -0.25) is 9.59 Å². The average Bonchev–Trinajstić information content (AvgIpc) is 2.89. The maximum absolute atomic E-state index is 12.3. The van der Waals surface area contributed by atoms with Crippen LogP contribution in [0.15, 0.2) is 48.7 Å². The van der Waals surface area contributed by atoms with E-state index in [2.05, 4.69) is 10.3 Å². The highest BCUT2D eigenvalue weighted by Crippen LogP contribution is 2.22. The molecule has 5 heteroatoms. The standard InChI is InChI=1S/C17H13ClN2O2/c1-10-3-2-4-12(7-10)20-17(22)16(21)14-9-19-15-8-11(18)5-6-13(14)15/h2-9,19H,1H3,(H,20,22). The molecule has 4 nitrogen and oxygen atoms in total. The maximum atomic E-state index is 12.3. The summed E-state index contributed by atoms with van der Waals surface area (Å²) < 4.78 is 0. The van der Waals surface area contributed by atoms with Crippen molar-refractivity contribution in [3.05, 3.63) is 64.8 Å². The van der Waals surface area contributed by atoms with Crippen molar-refractivity contribution in [2.75, 3.05) is 5.32 Å². The second-order valence-corrected chi connectivity index (χ2v) is 5.48. The van der Waals surface area contributed by atoms with Gasteiger partial charge in [0.15, 0.2) is 0 Å². The zero-order valence-corrected chi connectivity index (χ0v) is 12.6. The van der Waals surface area contributed by atoms with Crippen molar-refractivity contribution in [1.29, 1.82) is 0 Å². The van der Waals surface area contributed by atoms with E-state index in [1.54, 1.807) is 30.3 Å². The van der Waals surface area contributed by atoms with Crippen LogP contribution in [0, 0.1) is 6.92 Å². The Morgan fingerprint density at radius 2 is 1.95 bits per heavy atom. The molecule has 0 aliphatic carbocycles. The molecule has 3 aromatic rings. The lowest BCUT2D eigenvalue weighted by atomic mass is 10.1. The third kappa shape index (κ3) is 2.73. The highest BCUT2D eigenvalue weighted by Gasteiger charge is 2.20. The van der Waals surface area contributed by atoms with Gasteiger partial charge in [0, 0.05) is 27.8 Å². The van der Waals surface area contributed by atoms with E-state index in [9.17, 15) is 9.59 Å². The number of aromatic nitrogens is 1. The number of nitrogens with one attached hydrogen (secondary N) is 2. The van der Waals surface area contributed by atoms with Crippen LogP contribution in [-0.4, -0.2) is 16.7 Å². The second-order valence-electron chi connectivity index (χ2n) is 5.04. The molecule has 3 rings (SSSR count). The SMILES string of the molecule is Cc1cccc(NC(=O)C(=O)c2c[nH]c3cc(Cl)ccc23)c1. The van der Waals surface area contributed by atoms with Crippen LogP contribution >= 0.6 is 11.6 Å². The monoisotopic (exact) mass is 312 g/mol. The first kappa shape index (κ1) is 14.4. The average molecular weight is 313 g/mol. The first-order chi connectivity index (χ1) is 10.5. The maximum Gasteiger partial charge on any atom is 0.296 e. The number of carbonyl (C=O) groups excluding carboxylic acids is 2. The molecule has 0 aliphatic heterocycles. The zero-order valence-electron chi connectivity index (χ0n) is 11.8.